The first-order chi connectivity index (χ1) is 11.4. The number of hydrogen-bond donors (Lipinski definition) is 2. The summed E-state index contributed by atoms with van der Waals surface area (Å²) in [6.07, 6.45) is 4.50. The quantitative estimate of drug-likeness (QED) is 0.842. The molecule has 2 aromatic rings. The molecular weight excluding hydrogens is 322 g/mol. The highest BCUT2D eigenvalue weighted by Gasteiger charge is 2.21. The monoisotopic (exact) mass is 349 g/mol. The maximum atomic E-state index is 11.2. The lowest BCUT2D eigenvalue weighted by molar-refractivity contribution is 0.161. The van der Waals surface area contributed by atoms with Crippen LogP contribution in [0.2, 0.25) is 0 Å². The van der Waals surface area contributed by atoms with Gasteiger partial charge in [0.25, 0.3) is 0 Å². The Morgan fingerprint density at radius 1 is 1.33 bits per heavy atom. The summed E-state index contributed by atoms with van der Waals surface area (Å²) in [5.41, 5.74) is 3.84. The van der Waals surface area contributed by atoms with E-state index in [1.807, 2.05) is 0 Å². The highest BCUT2D eigenvalue weighted by Crippen LogP contribution is 2.25. The summed E-state index contributed by atoms with van der Waals surface area (Å²) in [6, 6.07) is 8.44. The van der Waals surface area contributed by atoms with Crippen LogP contribution in [-0.2, 0) is 16.6 Å². The molecule has 0 spiro atoms. The number of rotatable bonds is 6. The summed E-state index contributed by atoms with van der Waals surface area (Å²) in [5, 5.41) is 1.30. The molecule has 0 bridgehead atoms. The summed E-state index contributed by atoms with van der Waals surface area (Å²) in [6.45, 7) is 5.83. The van der Waals surface area contributed by atoms with Gasteiger partial charge in [-0.15, -0.1) is 0 Å². The van der Waals surface area contributed by atoms with Crippen molar-refractivity contribution in [2.75, 3.05) is 25.9 Å². The van der Waals surface area contributed by atoms with Crippen molar-refractivity contribution in [3.05, 3.63) is 35.5 Å². The van der Waals surface area contributed by atoms with Gasteiger partial charge >= 0.3 is 0 Å². The van der Waals surface area contributed by atoms with E-state index in [0.29, 0.717) is 12.5 Å². The predicted molar refractivity (Wildman–Crippen MR) is 98.5 cm³/mol. The van der Waals surface area contributed by atoms with Crippen molar-refractivity contribution >= 4 is 20.9 Å². The number of likely N-dealkylation sites (tertiary alicyclic amines) is 1. The molecule has 0 amide bonds. The van der Waals surface area contributed by atoms with E-state index >= 15 is 0 Å². The zero-order valence-electron chi connectivity index (χ0n) is 14.5. The summed E-state index contributed by atoms with van der Waals surface area (Å²) >= 11 is 0. The maximum Gasteiger partial charge on any atom is 0.208 e. The van der Waals surface area contributed by atoms with E-state index < -0.39 is 10.0 Å². The Morgan fingerprint density at radius 2 is 2.12 bits per heavy atom. The van der Waals surface area contributed by atoms with Crippen LogP contribution in [0.5, 0.6) is 0 Å². The molecule has 0 saturated carbocycles. The van der Waals surface area contributed by atoms with Gasteiger partial charge in [-0.2, -0.15) is 0 Å². The van der Waals surface area contributed by atoms with E-state index in [1.54, 1.807) is 0 Å². The van der Waals surface area contributed by atoms with E-state index in [0.717, 1.165) is 26.1 Å². The minimum absolute atomic E-state index is 0.544. The van der Waals surface area contributed by atoms with Crippen molar-refractivity contribution in [3.63, 3.8) is 0 Å². The number of aryl methyl sites for hydroxylation is 1. The van der Waals surface area contributed by atoms with Crippen LogP contribution in [0.15, 0.2) is 24.3 Å². The summed E-state index contributed by atoms with van der Waals surface area (Å²) in [5.74, 6) is 0.567. The van der Waals surface area contributed by atoms with Gasteiger partial charge in [-0.25, -0.2) is 13.1 Å². The van der Waals surface area contributed by atoms with Crippen LogP contribution in [0.1, 0.15) is 30.5 Å². The van der Waals surface area contributed by atoms with E-state index in [-0.39, 0.29) is 0 Å². The molecule has 0 aliphatic carbocycles. The number of aromatic nitrogens is 1. The molecule has 2 heterocycles. The van der Waals surface area contributed by atoms with Gasteiger partial charge in [0.2, 0.25) is 10.0 Å². The van der Waals surface area contributed by atoms with Gasteiger partial charge in [0.1, 0.15) is 0 Å². The number of piperidine rings is 1. The van der Waals surface area contributed by atoms with Crippen molar-refractivity contribution in [1.29, 1.82) is 0 Å². The number of para-hydroxylation sites is 1. The number of nitrogens with zero attached hydrogens (tertiary/aromatic N) is 1. The fourth-order valence-corrected chi connectivity index (χ4v) is 4.19. The number of hydrogen-bond acceptors (Lipinski definition) is 3. The minimum Gasteiger partial charge on any atom is -0.357 e. The van der Waals surface area contributed by atoms with Gasteiger partial charge in [-0.05, 0) is 50.3 Å². The molecule has 1 aliphatic heterocycles. The van der Waals surface area contributed by atoms with Gasteiger partial charge in [-0.3, -0.25) is 4.90 Å². The molecule has 6 heteroatoms. The average molecular weight is 350 g/mol. The fraction of sp³-hybridized carbons (Fsp3) is 0.556. The van der Waals surface area contributed by atoms with Crippen molar-refractivity contribution in [1.82, 2.24) is 14.6 Å². The summed E-state index contributed by atoms with van der Waals surface area (Å²) < 4.78 is 25.0. The van der Waals surface area contributed by atoms with Crippen molar-refractivity contribution < 1.29 is 8.42 Å². The topological polar surface area (TPSA) is 65.2 Å². The lowest BCUT2D eigenvalue weighted by Crippen LogP contribution is -2.36. The van der Waals surface area contributed by atoms with Gasteiger partial charge in [-0.1, -0.05) is 18.2 Å². The summed E-state index contributed by atoms with van der Waals surface area (Å²) in [7, 11) is -3.08. The molecule has 1 aliphatic rings. The number of H-pyrrole nitrogens is 1. The molecule has 0 radical (unpaired) electrons. The molecule has 1 aromatic carbocycles. The summed E-state index contributed by atoms with van der Waals surface area (Å²) in [4.78, 5) is 6.05. The first-order valence-corrected chi connectivity index (χ1v) is 10.5. The Bertz CT molecular complexity index is 798. The molecule has 1 atom stereocenters. The van der Waals surface area contributed by atoms with Crippen LogP contribution >= 0.6 is 0 Å². The SMILES string of the molecule is Cc1c(CN2CCC[C@@H](CCNS(C)(=O)=O)C2)[nH]c2ccccc12. The zero-order valence-corrected chi connectivity index (χ0v) is 15.3. The molecule has 132 valence electrons. The lowest BCUT2D eigenvalue weighted by atomic mass is 9.94. The van der Waals surface area contributed by atoms with Crippen LogP contribution in [-0.4, -0.2) is 44.2 Å². The van der Waals surface area contributed by atoms with E-state index in [2.05, 4.69) is 45.8 Å². The third-order valence-corrected chi connectivity index (χ3v) is 5.70. The Labute approximate surface area is 144 Å². The average Bonchev–Trinajstić information content (AvgIpc) is 2.83. The van der Waals surface area contributed by atoms with Crippen LogP contribution in [0.3, 0.4) is 0 Å². The Morgan fingerprint density at radius 3 is 2.88 bits per heavy atom. The van der Waals surface area contributed by atoms with E-state index in [1.165, 1.54) is 41.3 Å². The molecule has 0 unspecified atom stereocenters. The molecule has 5 nitrogen and oxygen atoms in total. The van der Waals surface area contributed by atoms with Crippen molar-refractivity contribution in [2.24, 2.45) is 5.92 Å². The third kappa shape index (κ3) is 4.37. The smallest absolute Gasteiger partial charge is 0.208 e. The molecule has 3 rings (SSSR count). The zero-order chi connectivity index (χ0) is 17.2. The van der Waals surface area contributed by atoms with Crippen LogP contribution in [0.4, 0.5) is 0 Å². The first-order valence-electron chi connectivity index (χ1n) is 8.65. The lowest BCUT2D eigenvalue weighted by Gasteiger charge is -2.32. The second-order valence-electron chi connectivity index (χ2n) is 6.97. The molecule has 1 saturated heterocycles. The Balaban J connectivity index is 1.59. The van der Waals surface area contributed by atoms with E-state index in [9.17, 15) is 8.42 Å². The fourth-order valence-electron chi connectivity index (χ4n) is 3.70. The second-order valence-corrected chi connectivity index (χ2v) is 8.81. The van der Waals surface area contributed by atoms with Crippen LogP contribution in [0.25, 0.3) is 10.9 Å². The largest absolute Gasteiger partial charge is 0.357 e. The Hall–Kier alpha value is -1.37. The minimum atomic E-state index is -3.08. The van der Waals surface area contributed by atoms with Crippen LogP contribution < -0.4 is 4.72 Å². The van der Waals surface area contributed by atoms with Gasteiger partial charge in [0, 0.05) is 36.2 Å². The molecule has 24 heavy (non-hydrogen) atoms. The Kier molecular flexibility index (Phi) is 5.27. The van der Waals surface area contributed by atoms with Gasteiger partial charge in [0.05, 0.1) is 6.26 Å². The predicted octanol–water partition coefficient (Wildman–Crippen LogP) is 2.63. The highest BCUT2D eigenvalue weighted by atomic mass is 32.2. The normalized spacial score (nSPS) is 19.8. The molecule has 1 fully saturated rings. The molecule has 2 N–H and O–H groups in total. The molecular formula is C18H27N3O2S. The van der Waals surface area contributed by atoms with Crippen LogP contribution in [0, 0.1) is 12.8 Å². The van der Waals surface area contributed by atoms with Crippen molar-refractivity contribution in [2.45, 2.75) is 32.7 Å². The number of benzene rings is 1. The number of aromatic amines is 1. The van der Waals surface area contributed by atoms with Gasteiger partial charge < -0.3 is 4.98 Å². The first kappa shape index (κ1) is 17.5. The van der Waals surface area contributed by atoms with Crippen molar-refractivity contribution in [3.8, 4) is 0 Å². The van der Waals surface area contributed by atoms with Gasteiger partial charge in [0.15, 0.2) is 0 Å². The third-order valence-electron chi connectivity index (χ3n) is 4.97. The maximum absolute atomic E-state index is 11.2. The standard InChI is InChI=1S/C18H27N3O2S/c1-14-16-7-3-4-8-17(16)20-18(14)13-21-11-5-6-15(12-21)9-10-19-24(2,22)23/h3-4,7-8,15,19-20H,5-6,9-13H2,1-2H3/t15-/m0/s1. The van der Waals surface area contributed by atoms with E-state index in [4.69, 9.17) is 0 Å². The number of sulfonamides is 1. The second kappa shape index (κ2) is 7.25. The molecule has 1 aromatic heterocycles. The highest BCUT2D eigenvalue weighted by molar-refractivity contribution is 7.88. The number of nitrogens with one attached hydrogen (secondary N) is 2. The number of fused-ring (bicyclic) bond motifs is 1.